The van der Waals surface area contributed by atoms with Crippen molar-refractivity contribution in [1.29, 1.82) is 0 Å². The first-order valence-corrected chi connectivity index (χ1v) is 14.3. The highest BCUT2D eigenvalue weighted by Gasteiger charge is 2.34. The van der Waals surface area contributed by atoms with Gasteiger partial charge in [-0.2, -0.15) is 0 Å². The molecule has 0 radical (unpaired) electrons. The first-order chi connectivity index (χ1) is 20.5. The second-order valence-electron chi connectivity index (χ2n) is 10.7. The molecule has 3 heterocycles. The lowest BCUT2D eigenvalue weighted by Crippen LogP contribution is -2.43. The molecule has 10 nitrogen and oxygen atoms in total. The maximum Gasteiger partial charge on any atom is 0.333 e. The molecule has 0 aliphatic carbocycles. The minimum atomic E-state index is -0.845. The molecule has 0 bridgehead atoms. The summed E-state index contributed by atoms with van der Waals surface area (Å²) in [7, 11) is 0. The third kappa shape index (κ3) is 5.50. The normalized spacial score (nSPS) is 16.1. The number of aromatic nitrogens is 4. The van der Waals surface area contributed by atoms with Crippen molar-refractivity contribution in [1.82, 2.24) is 18.7 Å². The Balaban J connectivity index is 1.64. The van der Waals surface area contributed by atoms with Crippen LogP contribution in [0.3, 0.4) is 0 Å². The minimum absolute atomic E-state index is 0.0368. The van der Waals surface area contributed by atoms with Gasteiger partial charge in [0.05, 0.1) is 24.7 Å². The molecule has 1 saturated heterocycles. The van der Waals surface area contributed by atoms with Gasteiger partial charge in [0.1, 0.15) is 11.9 Å². The summed E-state index contributed by atoms with van der Waals surface area (Å²) in [4.78, 5) is 44.9. The Morgan fingerprint density at radius 3 is 2.33 bits per heavy atom. The number of fused-ring (bicyclic) bond motifs is 1. The Hall–Kier alpha value is -4.22. The summed E-state index contributed by atoms with van der Waals surface area (Å²) in [6.45, 7) is 3.79. The van der Waals surface area contributed by atoms with Crippen molar-refractivity contribution in [3.8, 4) is 17.1 Å². The van der Waals surface area contributed by atoms with Gasteiger partial charge in [0.25, 0.3) is 5.56 Å². The van der Waals surface area contributed by atoms with Gasteiger partial charge in [-0.1, -0.05) is 47.5 Å². The van der Waals surface area contributed by atoms with Crippen LogP contribution in [0.1, 0.15) is 29.8 Å². The summed E-state index contributed by atoms with van der Waals surface area (Å²) in [6, 6.07) is 20.7. The first-order valence-electron chi connectivity index (χ1n) is 13.5. The number of nitrogens with zero attached hydrogens (tertiary/aromatic N) is 4. The summed E-state index contributed by atoms with van der Waals surface area (Å²) in [5.41, 5.74) is 6.83. The zero-order valence-electron chi connectivity index (χ0n) is 23.3. The number of ether oxygens (including phenoxy) is 2. The molecule has 1 atom stereocenters. The highest BCUT2D eigenvalue weighted by molar-refractivity contribution is 6.33. The van der Waals surface area contributed by atoms with Gasteiger partial charge in [-0.25, -0.2) is 9.78 Å². The number of primary amides is 1. The highest BCUT2D eigenvalue weighted by Crippen LogP contribution is 2.32. The molecule has 220 valence electrons. The average Bonchev–Trinajstić information content (AvgIpc) is 3.54. The molecule has 5 aromatic rings. The predicted molar refractivity (Wildman–Crippen MR) is 164 cm³/mol. The third-order valence-corrected chi connectivity index (χ3v) is 7.84. The van der Waals surface area contributed by atoms with Crippen LogP contribution in [-0.2, 0) is 22.6 Å². The Morgan fingerprint density at radius 2 is 1.70 bits per heavy atom. The molecule has 12 heteroatoms. The van der Waals surface area contributed by atoms with Crippen molar-refractivity contribution in [2.75, 3.05) is 6.61 Å². The Bertz CT molecular complexity index is 1980. The maximum atomic E-state index is 14.3. The van der Waals surface area contributed by atoms with Crippen LogP contribution in [0.25, 0.3) is 28.2 Å². The van der Waals surface area contributed by atoms with Crippen LogP contribution in [0, 0.1) is 0 Å². The van der Waals surface area contributed by atoms with E-state index in [1.807, 2.05) is 6.07 Å². The van der Waals surface area contributed by atoms with Gasteiger partial charge in [-0.15, -0.1) is 0 Å². The molecule has 1 aliphatic rings. The SMILES string of the molecule is CC1(C)OC[C@@H](Cn2c(=O)c3c(nc(-c4ccccc4Cl)n3-c3ccc(Cl)cc3)n(Cc3ccc(C(N)=O)cc3)c2=O)O1. The van der Waals surface area contributed by atoms with Crippen molar-refractivity contribution in [3.05, 3.63) is 115 Å². The van der Waals surface area contributed by atoms with E-state index >= 15 is 0 Å². The van der Waals surface area contributed by atoms with Crippen LogP contribution in [-0.4, -0.2) is 43.1 Å². The van der Waals surface area contributed by atoms with E-state index in [1.54, 1.807) is 85.1 Å². The summed E-state index contributed by atoms with van der Waals surface area (Å²) in [5, 5.41) is 0.935. The first kappa shape index (κ1) is 28.9. The Labute approximate surface area is 255 Å². The van der Waals surface area contributed by atoms with E-state index in [1.165, 1.54) is 4.57 Å². The number of amides is 1. The van der Waals surface area contributed by atoms with Crippen molar-refractivity contribution >= 4 is 40.3 Å². The van der Waals surface area contributed by atoms with Crippen LogP contribution in [0.5, 0.6) is 0 Å². The monoisotopic (exact) mass is 619 g/mol. The highest BCUT2D eigenvalue weighted by atomic mass is 35.5. The van der Waals surface area contributed by atoms with Gasteiger partial charge in [-0.3, -0.25) is 23.3 Å². The molecule has 0 saturated carbocycles. The maximum absolute atomic E-state index is 14.3. The number of hydrogen-bond acceptors (Lipinski definition) is 6. The predicted octanol–water partition coefficient (Wildman–Crippen LogP) is 4.62. The summed E-state index contributed by atoms with van der Waals surface area (Å²) in [6.07, 6.45) is -0.531. The van der Waals surface area contributed by atoms with E-state index in [4.69, 9.17) is 43.4 Å². The summed E-state index contributed by atoms with van der Waals surface area (Å²) >= 11 is 12.8. The molecule has 2 aromatic heterocycles. The fourth-order valence-corrected chi connectivity index (χ4v) is 5.57. The van der Waals surface area contributed by atoms with Crippen LogP contribution in [0.15, 0.2) is 82.4 Å². The molecule has 1 amide bonds. The van der Waals surface area contributed by atoms with Gasteiger partial charge in [0.2, 0.25) is 5.91 Å². The standard InChI is InChI=1S/C31H27Cl2N5O5/c1-31(2)42-17-22(43-31)16-37-29(40)25-28(36(30(37)41)15-18-7-9-19(10-8-18)26(34)39)35-27(23-5-3-4-6-24(23)33)38(25)21-13-11-20(32)12-14-21/h3-14,22H,15-17H2,1-2H3,(H2,34,39)/t22-/m1/s1. The Kier molecular flexibility index (Phi) is 7.47. The van der Waals surface area contributed by atoms with E-state index in [0.717, 1.165) is 4.57 Å². The number of nitrogens with two attached hydrogens (primary N) is 1. The average molecular weight is 620 g/mol. The summed E-state index contributed by atoms with van der Waals surface area (Å²) < 4.78 is 15.9. The zero-order chi connectivity index (χ0) is 30.5. The van der Waals surface area contributed by atoms with Gasteiger partial charge in [0.15, 0.2) is 17.0 Å². The zero-order valence-corrected chi connectivity index (χ0v) is 24.8. The molecule has 43 heavy (non-hydrogen) atoms. The van der Waals surface area contributed by atoms with E-state index in [-0.39, 0.29) is 30.9 Å². The third-order valence-electron chi connectivity index (χ3n) is 7.26. The molecule has 0 spiro atoms. The van der Waals surface area contributed by atoms with Gasteiger partial charge in [0, 0.05) is 21.8 Å². The van der Waals surface area contributed by atoms with Crippen LogP contribution >= 0.6 is 23.2 Å². The topological polar surface area (TPSA) is 123 Å². The van der Waals surface area contributed by atoms with Crippen molar-refractivity contribution < 1.29 is 14.3 Å². The molecular weight excluding hydrogens is 593 g/mol. The molecular formula is C31H27Cl2N5O5. The van der Waals surface area contributed by atoms with Gasteiger partial charge in [-0.05, 0) is 67.9 Å². The number of benzene rings is 3. The second kappa shape index (κ2) is 11.1. The van der Waals surface area contributed by atoms with Crippen molar-refractivity contribution in [2.24, 2.45) is 5.73 Å². The molecule has 1 aliphatic heterocycles. The number of halogens is 2. The number of hydrogen-bond donors (Lipinski definition) is 1. The van der Waals surface area contributed by atoms with E-state index < -0.39 is 29.0 Å². The summed E-state index contributed by atoms with van der Waals surface area (Å²) in [5.74, 6) is -1.04. The fraction of sp³-hybridized carbons (Fsp3) is 0.226. The number of carbonyl (C=O) groups excluding carboxylic acids is 1. The van der Waals surface area contributed by atoms with Crippen LogP contribution < -0.4 is 17.0 Å². The molecule has 2 N–H and O–H groups in total. The molecule has 6 rings (SSSR count). The molecule has 0 unspecified atom stereocenters. The molecule has 1 fully saturated rings. The van der Waals surface area contributed by atoms with Crippen molar-refractivity contribution in [3.63, 3.8) is 0 Å². The smallest absolute Gasteiger partial charge is 0.333 e. The van der Waals surface area contributed by atoms with Crippen LogP contribution in [0.2, 0.25) is 10.0 Å². The number of imidazole rings is 1. The van der Waals surface area contributed by atoms with E-state index in [2.05, 4.69) is 0 Å². The van der Waals surface area contributed by atoms with Crippen LogP contribution in [0.4, 0.5) is 0 Å². The second-order valence-corrected chi connectivity index (χ2v) is 11.5. The van der Waals surface area contributed by atoms with E-state index in [0.29, 0.717) is 38.2 Å². The number of carbonyl (C=O) groups is 1. The van der Waals surface area contributed by atoms with Gasteiger partial charge >= 0.3 is 5.69 Å². The fourth-order valence-electron chi connectivity index (χ4n) is 5.22. The molecule has 3 aromatic carbocycles. The lowest BCUT2D eigenvalue weighted by molar-refractivity contribution is -0.139. The number of rotatable bonds is 7. The minimum Gasteiger partial charge on any atom is -0.366 e. The lowest BCUT2D eigenvalue weighted by Gasteiger charge is -2.18. The largest absolute Gasteiger partial charge is 0.366 e. The van der Waals surface area contributed by atoms with Crippen molar-refractivity contribution in [2.45, 2.75) is 38.8 Å². The lowest BCUT2D eigenvalue weighted by atomic mass is 10.1. The quantitative estimate of drug-likeness (QED) is 0.283. The van der Waals surface area contributed by atoms with Gasteiger partial charge < -0.3 is 15.2 Å². The van der Waals surface area contributed by atoms with E-state index in [9.17, 15) is 14.4 Å². The Morgan fingerprint density at radius 1 is 1.00 bits per heavy atom.